The van der Waals surface area contributed by atoms with Gasteiger partial charge in [-0.3, -0.25) is 10.1 Å². The molecule has 0 radical (unpaired) electrons. The molecule has 1 N–H and O–H groups in total. The number of hydrogen-bond acceptors (Lipinski definition) is 9. The topological polar surface area (TPSA) is 141 Å². The molecule has 1 heterocycles. The highest BCUT2D eigenvalue weighted by Gasteiger charge is 2.27. The number of aromatic nitrogens is 2. The monoisotopic (exact) mass is 339 g/mol. The van der Waals surface area contributed by atoms with Gasteiger partial charge in [0.25, 0.3) is 0 Å². The summed E-state index contributed by atoms with van der Waals surface area (Å²) in [5.74, 6) is 0.498. The van der Waals surface area contributed by atoms with Gasteiger partial charge in [-0.25, -0.2) is 9.97 Å². The van der Waals surface area contributed by atoms with Crippen molar-refractivity contribution in [2.45, 2.75) is 0 Å². The summed E-state index contributed by atoms with van der Waals surface area (Å²) in [5.41, 5.74) is 0.143. The standard InChI is InChI=1S/C15H13N7O3/c1-25-12-4-2-11(3-5-12)20-14-13(22(23)24)15(19-10-18-14)21(8-6-16)9-7-17/h2-5,10H,8-9H2,1H3,(H,18,19,20). The lowest BCUT2D eigenvalue weighted by atomic mass is 10.3. The summed E-state index contributed by atoms with van der Waals surface area (Å²) >= 11 is 0. The third kappa shape index (κ3) is 4.09. The molecule has 0 amide bonds. The van der Waals surface area contributed by atoms with E-state index < -0.39 is 10.6 Å². The number of benzene rings is 1. The Morgan fingerprint density at radius 3 is 2.40 bits per heavy atom. The molecule has 0 unspecified atom stereocenters. The van der Waals surface area contributed by atoms with Gasteiger partial charge in [-0.15, -0.1) is 0 Å². The maximum Gasteiger partial charge on any atom is 0.353 e. The highest BCUT2D eigenvalue weighted by molar-refractivity contribution is 5.74. The van der Waals surface area contributed by atoms with Crippen molar-refractivity contribution in [3.8, 4) is 17.9 Å². The number of ether oxygens (including phenoxy) is 1. The van der Waals surface area contributed by atoms with Gasteiger partial charge in [0.05, 0.1) is 24.2 Å². The largest absolute Gasteiger partial charge is 0.497 e. The molecule has 0 atom stereocenters. The van der Waals surface area contributed by atoms with Gasteiger partial charge in [-0.2, -0.15) is 10.5 Å². The number of rotatable bonds is 7. The third-order valence-corrected chi connectivity index (χ3v) is 3.16. The van der Waals surface area contributed by atoms with Crippen LogP contribution in [-0.2, 0) is 0 Å². The number of anilines is 3. The second-order valence-electron chi connectivity index (χ2n) is 4.68. The molecule has 0 aliphatic heterocycles. The summed E-state index contributed by atoms with van der Waals surface area (Å²) in [4.78, 5) is 19.9. The van der Waals surface area contributed by atoms with Crippen molar-refractivity contribution in [1.82, 2.24) is 9.97 Å². The molecular formula is C15H13N7O3. The lowest BCUT2D eigenvalue weighted by molar-refractivity contribution is -0.383. The van der Waals surface area contributed by atoms with E-state index in [1.165, 1.54) is 12.0 Å². The summed E-state index contributed by atoms with van der Waals surface area (Å²) in [5, 5.41) is 32.1. The van der Waals surface area contributed by atoms with Crippen molar-refractivity contribution < 1.29 is 9.66 Å². The first kappa shape index (κ1) is 17.4. The summed E-state index contributed by atoms with van der Waals surface area (Å²) in [6, 6.07) is 10.4. The minimum Gasteiger partial charge on any atom is -0.497 e. The number of nitrogens with one attached hydrogen (secondary N) is 1. The van der Waals surface area contributed by atoms with Crippen molar-refractivity contribution in [3.05, 3.63) is 40.7 Å². The molecule has 0 fully saturated rings. The molecule has 0 aliphatic rings. The molecule has 0 saturated carbocycles. The zero-order valence-electron chi connectivity index (χ0n) is 13.2. The Morgan fingerprint density at radius 1 is 1.24 bits per heavy atom. The number of methoxy groups -OCH3 is 1. The molecular weight excluding hydrogens is 326 g/mol. The molecule has 0 spiro atoms. The Labute approximate surface area is 143 Å². The van der Waals surface area contributed by atoms with Crippen molar-refractivity contribution in [2.24, 2.45) is 0 Å². The highest BCUT2D eigenvalue weighted by atomic mass is 16.6. The van der Waals surface area contributed by atoms with Gasteiger partial charge in [0.2, 0.25) is 11.6 Å². The first-order valence-corrected chi connectivity index (χ1v) is 7.00. The van der Waals surface area contributed by atoms with Crippen molar-refractivity contribution in [1.29, 1.82) is 10.5 Å². The zero-order chi connectivity index (χ0) is 18.2. The van der Waals surface area contributed by atoms with Gasteiger partial charge < -0.3 is 15.0 Å². The van der Waals surface area contributed by atoms with Gasteiger partial charge in [-0.1, -0.05) is 0 Å². The maximum atomic E-state index is 11.5. The predicted octanol–water partition coefficient (Wildman–Crippen LogP) is 1.99. The van der Waals surface area contributed by atoms with Gasteiger partial charge in [0.1, 0.15) is 25.2 Å². The second-order valence-corrected chi connectivity index (χ2v) is 4.68. The van der Waals surface area contributed by atoms with Crippen LogP contribution in [0, 0.1) is 32.8 Å². The fourth-order valence-corrected chi connectivity index (χ4v) is 2.05. The van der Waals surface area contributed by atoms with E-state index in [-0.39, 0.29) is 24.7 Å². The van der Waals surface area contributed by atoms with Crippen molar-refractivity contribution in [3.63, 3.8) is 0 Å². The normalized spacial score (nSPS) is 9.56. The van der Waals surface area contributed by atoms with Crippen LogP contribution in [-0.4, -0.2) is 35.1 Å². The van der Waals surface area contributed by atoms with Crippen LogP contribution in [0.3, 0.4) is 0 Å². The van der Waals surface area contributed by atoms with E-state index in [9.17, 15) is 10.1 Å². The Balaban J connectivity index is 2.44. The predicted molar refractivity (Wildman–Crippen MR) is 88.4 cm³/mol. The van der Waals surface area contributed by atoms with Crippen molar-refractivity contribution in [2.75, 3.05) is 30.4 Å². The zero-order valence-corrected chi connectivity index (χ0v) is 13.2. The fraction of sp³-hybridized carbons (Fsp3) is 0.200. The van der Waals surface area contributed by atoms with E-state index in [0.717, 1.165) is 6.33 Å². The molecule has 2 rings (SSSR count). The van der Waals surface area contributed by atoms with E-state index in [1.807, 2.05) is 12.1 Å². The van der Waals surface area contributed by atoms with Crippen LogP contribution in [0.2, 0.25) is 0 Å². The summed E-state index contributed by atoms with van der Waals surface area (Å²) in [6.07, 6.45) is 1.13. The van der Waals surface area contributed by atoms with E-state index in [0.29, 0.717) is 11.4 Å². The number of nitrogens with zero attached hydrogens (tertiary/aromatic N) is 6. The molecule has 1 aromatic heterocycles. The van der Waals surface area contributed by atoms with Gasteiger partial charge in [0.15, 0.2) is 0 Å². The minimum absolute atomic E-state index is 0.0407. The molecule has 2 aromatic rings. The molecule has 10 nitrogen and oxygen atoms in total. The van der Waals surface area contributed by atoms with Gasteiger partial charge in [-0.05, 0) is 24.3 Å². The first-order chi connectivity index (χ1) is 12.1. The van der Waals surface area contributed by atoms with E-state index in [2.05, 4.69) is 15.3 Å². The number of nitro groups is 1. The minimum atomic E-state index is -0.650. The smallest absolute Gasteiger partial charge is 0.353 e. The lowest BCUT2D eigenvalue weighted by Crippen LogP contribution is -2.26. The quantitative estimate of drug-likeness (QED) is 0.455. The molecule has 0 aliphatic carbocycles. The number of nitriles is 2. The molecule has 126 valence electrons. The maximum absolute atomic E-state index is 11.5. The van der Waals surface area contributed by atoms with Crippen LogP contribution >= 0.6 is 0 Å². The average Bonchev–Trinajstić information content (AvgIpc) is 2.62. The second kappa shape index (κ2) is 8.08. The van der Waals surface area contributed by atoms with E-state index >= 15 is 0 Å². The molecule has 25 heavy (non-hydrogen) atoms. The molecule has 10 heteroatoms. The van der Waals surface area contributed by atoms with Gasteiger partial charge >= 0.3 is 5.69 Å². The first-order valence-electron chi connectivity index (χ1n) is 7.00. The SMILES string of the molecule is COc1ccc(Nc2ncnc(N(CC#N)CC#N)c2[N+](=O)[O-])cc1. The lowest BCUT2D eigenvalue weighted by Gasteiger charge is -2.17. The summed E-state index contributed by atoms with van der Waals surface area (Å²) in [7, 11) is 1.53. The van der Waals surface area contributed by atoms with Crippen LogP contribution in [0.4, 0.5) is 23.0 Å². The van der Waals surface area contributed by atoms with E-state index in [4.69, 9.17) is 15.3 Å². The number of hydrogen-bond donors (Lipinski definition) is 1. The molecule has 0 saturated heterocycles. The average molecular weight is 339 g/mol. The van der Waals surface area contributed by atoms with Crippen LogP contribution in [0.15, 0.2) is 30.6 Å². The third-order valence-electron chi connectivity index (χ3n) is 3.16. The van der Waals surface area contributed by atoms with Crippen LogP contribution < -0.4 is 15.0 Å². The van der Waals surface area contributed by atoms with Crippen LogP contribution in [0.1, 0.15) is 0 Å². The fourth-order valence-electron chi connectivity index (χ4n) is 2.05. The summed E-state index contributed by atoms with van der Waals surface area (Å²) < 4.78 is 5.06. The van der Waals surface area contributed by atoms with Gasteiger partial charge in [0, 0.05) is 5.69 Å². The highest BCUT2D eigenvalue weighted by Crippen LogP contribution is 2.33. The van der Waals surface area contributed by atoms with E-state index in [1.54, 1.807) is 24.3 Å². The summed E-state index contributed by atoms with van der Waals surface area (Å²) in [6.45, 7) is -0.430. The van der Waals surface area contributed by atoms with Crippen LogP contribution in [0.5, 0.6) is 5.75 Å². The Bertz CT molecular complexity index is 824. The van der Waals surface area contributed by atoms with Crippen LogP contribution in [0.25, 0.3) is 0 Å². The Morgan fingerprint density at radius 2 is 1.88 bits per heavy atom. The Kier molecular flexibility index (Phi) is 5.63. The van der Waals surface area contributed by atoms with Crippen molar-refractivity contribution >= 4 is 23.0 Å². The molecule has 1 aromatic carbocycles. The molecule has 0 bridgehead atoms. The Hall–Kier alpha value is -3.92.